The number of nitrogens with one attached hydrogen (secondary N) is 1. The molecule has 0 saturated carbocycles. The van der Waals surface area contributed by atoms with Crippen LogP contribution in [0.5, 0.6) is 0 Å². The van der Waals surface area contributed by atoms with Crippen LogP contribution in [-0.4, -0.2) is 22.6 Å². The first kappa shape index (κ1) is 20.3. The number of amides is 1. The van der Waals surface area contributed by atoms with Crippen LogP contribution in [0.15, 0.2) is 60.8 Å². The molecule has 1 saturated heterocycles. The summed E-state index contributed by atoms with van der Waals surface area (Å²) in [5.74, 6) is 0.182. The zero-order valence-electron chi connectivity index (χ0n) is 17.4. The predicted octanol–water partition coefficient (Wildman–Crippen LogP) is 4.92. The minimum Gasteiger partial charge on any atom is -0.334 e. The summed E-state index contributed by atoms with van der Waals surface area (Å²) in [6.07, 6.45) is 2.26. The highest BCUT2D eigenvalue weighted by Gasteiger charge is 2.32. The Morgan fingerprint density at radius 2 is 1.73 bits per heavy atom. The van der Waals surface area contributed by atoms with Crippen LogP contribution in [0.1, 0.15) is 28.1 Å². The summed E-state index contributed by atoms with van der Waals surface area (Å²) in [7, 11) is 0. The molecule has 1 fully saturated rings. The van der Waals surface area contributed by atoms with E-state index in [0.29, 0.717) is 13.0 Å². The molecule has 30 heavy (non-hydrogen) atoms. The van der Waals surface area contributed by atoms with Gasteiger partial charge >= 0.3 is 0 Å². The van der Waals surface area contributed by atoms with Crippen molar-refractivity contribution in [3.8, 4) is 0 Å². The van der Waals surface area contributed by atoms with Crippen molar-refractivity contribution in [3.05, 3.63) is 82.5 Å². The van der Waals surface area contributed by atoms with Gasteiger partial charge in [-0.25, -0.2) is 0 Å². The molecule has 1 N–H and O–H groups in total. The highest BCUT2D eigenvalue weighted by Crippen LogP contribution is 2.30. The number of aromatic nitrogens is 2. The van der Waals surface area contributed by atoms with Crippen molar-refractivity contribution in [2.45, 2.75) is 33.1 Å². The van der Waals surface area contributed by atoms with Crippen molar-refractivity contribution < 1.29 is 4.79 Å². The van der Waals surface area contributed by atoms with Crippen molar-refractivity contribution in [3.63, 3.8) is 0 Å². The lowest BCUT2D eigenvalue weighted by Crippen LogP contribution is -2.25. The number of rotatable bonds is 7. The molecule has 5 nitrogen and oxygen atoms in total. The average Bonchev–Trinajstić information content (AvgIpc) is 3.35. The lowest BCUT2D eigenvalue weighted by molar-refractivity contribution is -0.117. The molecule has 2 aromatic carbocycles. The highest BCUT2D eigenvalue weighted by molar-refractivity contribution is 7.15. The molecule has 1 aromatic heterocycles. The van der Waals surface area contributed by atoms with Crippen molar-refractivity contribution in [2.75, 3.05) is 16.8 Å². The van der Waals surface area contributed by atoms with E-state index in [2.05, 4.69) is 53.3 Å². The first-order valence-electron chi connectivity index (χ1n) is 10.2. The van der Waals surface area contributed by atoms with Crippen molar-refractivity contribution in [2.24, 2.45) is 5.92 Å². The van der Waals surface area contributed by atoms with E-state index >= 15 is 0 Å². The molecule has 0 bridgehead atoms. The minimum atomic E-state index is 0.0544. The Bertz CT molecular complexity index is 1040. The molecule has 0 spiro atoms. The fourth-order valence-corrected chi connectivity index (χ4v) is 4.34. The van der Waals surface area contributed by atoms with Gasteiger partial charge in [0, 0.05) is 36.7 Å². The zero-order chi connectivity index (χ0) is 21.1. The molecule has 1 unspecified atom stereocenters. The molecule has 154 valence electrons. The van der Waals surface area contributed by atoms with E-state index in [1.165, 1.54) is 16.7 Å². The van der Waals surface area contributed by atoms with Gasteiger partial charge in [0.05, 0.1) is 0 Å². The summed E-state index contributed by atoms with van der Waals surface area (Å²) in [6, 6.07) is 16.6. The summed E-state index contributed by atoms with van der Waals surface area (Å²) in [5.41, 5.74) is 5.51. The van der Waals surface area contributed by atoms with E-state index in [1.54, 1.807) is 11.3 Å². The summed E-state index contributed by atoms with van der Waals surface area (Å²) in [5, 5.41) is 13.6. The van der Waals surface area contributed by atoms with Gasteiger partial charge in [0.1, 0.15) is 5.01 Å². The number of hydrogen-bond donors (Lipinski definition) is 1. The maximum absolute atomic E-state index is 12.5. The molecule has 1 amide bonds. The van der Waals surface area contributed by atoms with Crippen molar-refractivity contribution >= 4 is 28.1 Å². The Balaban J connectivity index is 1.32. The third-order valence-electron chi connectivity index (χ3n) is 5.45. The molecular weight excluding hydrogens is 392 g/mol. The van der Waals surface area contributed by atoms with Crippen LogP contribution in [0.25, 0.3) is 0 Å². The SMILES string of the molecule is C=C(Nc1nnc(CCc2ccc(C)cc2)s1)C1CC(=O)N(c2ccc(C)cc2)C1. The van der Waals surface area contributed by atoms with Gasteiger partial charge in [0.2, 0.25) is 11.0 Å². The molecule has 2 heterocycles. The van der Waals surface area contributed by atoms with E-state index in [1.807, 2.05) is 36.1 Å². The summed E-state index contributed by atoms with van der Waals surface area (Å²) in [4.78, 5) is 14.3. The maximum atomic E-state index is 12.5. The monoisotopic (exact) mass is 418 g/mol. The minimum absolute atomic E-state index is 0.0544. The second-order valence-electron chi connectivity index (χ2n) is 7.88. The van der Waals surface area contributed by atoms with Crippen LogP contribution in [0.2, 0.25) is 0 Å². The van der Waals surface area contributed by atoms with Gasteiger partial charge in [-0.2, -0.15) is 0 Å². The molecule has 1 atom stereocenters. The van der Waals surface area contributed by atoms with Crippen LogP contribution in [0.3, 0.4) is 0 Å². The molecule has 0 aliphatic carbocycles. The van der Waals surface area contributed by atoms with Crippen LogP contribution in [0.4, 0.5) is 10.8 Å². The Morgan fingerprint density at radius 1 is 1.07 bits per heavy atom. The first-order valence-corrected chi connectivity index (χ1v) is 11.0. The van der Waals surface area contributed by atoms with Gasteiger partial charge < -0.3 is 10.2 Å². The number of carbonyl (C=O) groups excluding carboxylic acids is 1. The van der Waals surface area contributed by atoms with E-state index in [0.717, 1.165) is 34.4 Å². The van der Waals surface area contributed by atoms with E-state index < -0.39 is 0 Å². The van der Waals surface area contributed by atoms with Crippen LogP contribution >= 0.6 is 11.3 Å². The standard InChI is InChI=1S/C24H26N4OS/c1-16-4-8-19(9-5-16)10-13-22-26-27-24(30-22)25-18(3)20-14-23(29)28(15-20)21-11-6-17(2)7-12-21/h4-9,11-12,20H,3,10,13-15H2,1-2H3,(H,25,27). The second-order valence-corrected chi connectivity index (χ2v) is 8.94. The number of nitrogens with zero attached hydrogens (tertiary/aromatic N) is 3. The number of aryl methyl sites for hydroxylation is 4. The van der Waals surface area contributed by atoms with E-state index in [-0.39, 0.29) is 11.8 Å². The van der Waals surface area contributed by atoms with Crippen LogP contribution < -0.4 is 10.2 Å². The predicted molar refractivity (Wildman–Crippen MR) is 123 cm³/mol. The highest BCUT2D eigenvalue weighted by atomic mass is 32.1. The molecule has 4 rings (SSSR count). The van der Waals surface area contributed by atoms with E-state index in [9.17, 15) is 4.79 Å². The molecule has 1 aliphatic heterocycles. The lowest BCUT2D eigenvalue weighted by atomic mass is 10.1. The molecule has 6 heteroatoms. The number of anilines is 2. The Morgan fingerprint density at radius 3 is 2.43 bits per heavy atom. The van der Waals surface area contributed by atoms with Gasteiger partial charge in [-0.15, -0.1) is 10.2 Å². The normalized spacial score (nSPS) is 16.1. The lowest BCUT2D eigenvalue weighted by Gasteiger charge is -2.18. The zero-order valence-corrected chi connectivity index (χ0v) is 18.2. The number of benzene rings is 2. The van der Waals surface area contributed by atoms with Crippen LogP contribution in [0, 0.1) is 19.8 Å². The largest absolute Gasteiger partial charge is 0.334 e. The Labute approximate surface area is 181 Å². The van der Waals surface area contributed by atoms with Crippen LogP contribution in [-0.2, 0) is 17.6 Å². The van der Waals surface area contributed by atoms with E-state index in [4.69, 9.17) is 0 Å². The fourth-order valence-electron chi connectivity index (χ4n) is 3.57. The fraction of sp³-hybridized carbons (Fsp3) is 0.292. The number of hydrogen-bond acceptors (Lipinski definition) is 5. The third kappa shape index (κ3) is 4.76. The third-order valence-corrected chi connectivity index (χ3v) is 6.34. The molecule has 1 aliphatic rings. The Hall–Kier alpha value is -2.99. The van der Waals surface area contributed by atoms with Gasteiger partial charge in [-0.1, -0.05) is 65.4 Å². The van der Waals surface area contributed by atoms with Crippen molar-refractivity contribution in [1.82, 2.24) is 10.2 Å². The number of carbonyl (C=O) groups is 1. The summed E-state index contributed by atoms with van der Waals surface area (Å²) < 4.78 is 0. The first-order chi connectivity index (χ1) is 14.5. The average molecular weight is 419 g/mol. The summed E-state index contributed by atoms with van der Waals surface area (Å²) >= 11 is 1.55. The smallest absolute Gasteiger partial charge is 0.227 e. The van der Waals surface area contributed by atoms with Crippen molar-refractivity contribution in [1.29, 1.82) is 0 Å². The quantitative estimate of drug-likeness (QED) is 0.592. The maximum Gasteiger partial charge on any atom is 0.227 e. The van der Waals surface area contributed by atoms with Gasteiger partial charge in [-0.05, 0) is 38.0 Å². The molecular formula is C24H26N4OS. The summed E-state index contributed by atoms with van der Waals surface area (Å²) in [6.45, 7) is 8.94. The Kier molecular flexibility index (Phi) is 5.95. The van der Waals surface area contributed by atoms with Gasteiger partial charge in [-0.3, -0.25) is 4.79 Å². The second kappa shape index (κ2) is 8.79. The van der Waals surface area contributed by atoms with Gasteiger partial charge in [0.15, 0.2) is 0 Å². The molecule has 0 radical (unpaired) electrons. The van der Waals surface area contributed by atoms with Gasteiger partial charge in [0.25, 0.3) is 0 Å². The topological polar surface area (TPSA) is 58.1 Å². The molecule has 3 aromatic rings.